The van der Waals surface area contributed by atoms with Crippen LogP contribution in [0.4, 0.5) is 13.2 Å². The summed E-state index contributed by atoms with van der Waals surface area (Å²) in [6.07, 6.45) is 2.26. The number of benzene rings is 3. The van der Waals surface area contributed by atoms with Crippen molar-refractivity contribution >= 4 is 28.8 Å². The average molecular weight is 399 g/mol. The third-order valence-electron chi connectivity index (χ3n) is 5.98. The van der Waals surface area contributed by atoms with E-state index in [2.05, 4.69) is 10.6 Å². The molecule has 4 aromatic rings. The van der Waals surface area contributed by atoms with Crippen LogP contribution in [-0.4, -0.2) is 6.28 Å². The van der Waals surface area contributed by atoms with Crippen LogP contribution in [-0.2, 0) is 0 Å². The molecule has 0 saturated heterocycles. The van der Waals surface area contributed by atoms with E-state index in [1.54, 1.807) is 36.4 Å². The molecule has 3 aromatic carbocycles. The van der Waals surface area contributed by atoms with Crippen LogP contribution in [0, 0.1) is 17.5 Å². The van der Waals surface area contributed by atoms with Crippen LogP contribution in [0.5, 0.6) is 0 Å². The van der Waals surface area contributed by atoms with Crippen LogP contribution in [0.15, 0.2) is 97.2 Å². The topological polar surface area (TPSA) is 3.88 Å². The van der Waals surface area contributed by atoms with Crippen molar-refractivity contribution in [2.75, 3.05) is 0 Å². The van der Waals surface area contributed by atoms with Gasteiger partial charge in [0.05, 0.1) is 0 Å². The summed E-state index contributed by atoms with van der Waals surface area (Å²) in [5, 5.41) is 0. The van der Waals surface area contributed by atoms with Gasteiger partial charge in [0.25, 0.3) is 0 Å². The molecular formula is C25H17BF3N. The van der Waals surface area contributed by atoms with Gasteiger partial charge in [-0.1, -0.05) is 48.0 Å². The summed E-state index contributed by atoms with van der Waals surface area (Å²) < 4.78 is 43.4. The first kappa shape index (κ1) is 18.4. The third kappa shape index (κ3) is 2.78. The van der Waals surface area contributed by atoms with Gasteiger partial charge >= 0.3 is 6.28 Å². The zero-order valence-corrected chi connectivity index (χ0v) is 16.0. The van der Waals surface area contributed by atoms with Crippen LogP contribution in [0.25, 0.3) is 11.5 Å². The maximum absolute atomic E-state index is 13.8. The zero-order chi connectivity index (χ0) is 20.7. The highest BCUT2D eigenvalue weighted by Gasteiger charge is 2.48. The molecule has 0 amide bonds. The fraction of sp³-hybridized carbons (Fsp3) is 0. The molecule has 30 heavy (non-hydrogen) atoms. The Morgan fingerprint density at radius 2 is 1.07 bits per heavy atom. The molecule has 0 aliphatic carbocycles. The Morgan fingerprint density at radius 1 is 0.567 bits per heavy atom. The largest absolute Gasteiger partial charge is 0.409 e. The lowest BCUT2D eigenvalue weighted by molar-refractivity contribution is -0.538. The van der Waals surface area contributed by atoms with Crippen molar-refractivity contribution in [2.45, 2.75) is 0 Å². The highest BCUT2D eigenvalue weighted by Crippen LogP contribution is 2.31. The van der Waals surface area contributed by atoms with Gasteiger partial charge in [-0.2, -0.15) is 0 Å². The predicted octanol–water partition coefficient (Wildman–Crippen LogP) is 4.09. The molecule has 1 nitrogen and oxygen atoms in total. The molecule has 5 rings (SSSR count). The normalized spacial score (nSPS) is 14.3. The van der Waals surface area contributed by atoms with E-state index in [4.69, 9.17) is 0 Å². The first-order chi connectivity index (χ1) is 14.6. The minimum atomic E-state index is -1.79. The van der Waals surface area contributed by atoms with Gasteiger partial charge in [-0.25, -0.2) is 13.2 Å². The lowest BCUT2D eigenvalue weighted by atomic mass is 9.23. The molecule has 0 saturated carbocycles. The lowest BCUT2D eigenvalue weighted by Crippen LogP contribution is -2.78. The van der Waals surface area contributed by atoms with Gasteiger partial charge < -0.3 is 4.48 Å². The van der Waals surface area contributed by atoms with Gasteiger partial charge in [0.15, 0.2) is 0 Å². The summed E-state index contributed by atoms with van der Waals surface area (Å²) >= 11 is 0. The van der Waals surface area contributed by atoms with Crippen LogP contribution >= 0.6 is 0 Å². The number of nitrogens with zero attached hydrogens (tertiary/aromatic N) is 1. The van der Waals surface area contributed by atoms with Crippen molar-refractivity contribution in [3.63, 3.8) is 0 Å². The Morgan fingerprint density at radius 3 is 1.60 bits per heavy atom. The highest BCUT2D eigenvalue weighted by molar-refractivity contribution is 7.10. The summed E-state index contributed by atoms with van der Waals surface area (Å²) in [6.45, 7) is 0. The molecule has 1 aromatic heterocycles. The first-order valence-electron chi connectivity index (χ1n) is 9.75. The second kappa shape index (κ2) is 7.03. The van der Waals surface area contributed by atoms with Gasteiger partial charge in [0, 0.05) is 6.07 Å². The standard InChI is InChI=1S/C25H17BF3N/c27-21-10-4-18(5-11-21)25-17-24-3-1-2-16-30(24)26(25,19-6-12-22(28)13-7-19)20-8-14-23(29)15-9-20/h1-17H. The Balaban J connectivity index is 1.88. The maximum atomic E-state index is 13.8. The van der Waals surface area contributed by atoms with E-state index in [0.29, 0.717) is 0 Å². The number of halogens is 3. The number of fused-ring (bicyclic) bond motifs is 1. The van der Waals surface area contributed by atoms with Gasteiger partial charge in [0.2, 0.25) is 0 Å². The number of pyridine rings is 1. The summed E-state index contributed by atoms with van der Waals surface area (Å²) in [5.41, 5.74) is 4.54. The molecular weight excluding hydrogens is 382 g/mol. The Kier molecular flexibility index (Phi) is 4.32. The smallest absolute Gasteiger partial charge is 0.361 e. The number of hydrogen-bond acceptors (Lipinski definition) is 0. The van der Waals surface area contributed by atoms with Crippen molar-refractivity contribution in [3.8, 4) is 0 Å². The fourth-order valence-corrected chi connectivity index (χ4v) is 4.70. The van der Waals surface area contributed by atoms with Crippen molar-refractivity contribution in [2.24, 2.45) is 0 Å². The summed E-state index contributed by atoms with van der Waals surface area (Å²) in [6, 6.07) is 25.1. The molecule has 1 aliphatic heterocycles. The van der Waals surface area contributed by atoms with Crippen LogP contribution in [0.2, 0.25) is 0 Å². The monoisotopic (exact) mass is 399 g/mol. The van der Waals surface area contributed by atoms with Crippen molar-refractivity contribution in [1.82, 2.24) is 0 Å². The van der Waals surface area contributed by atoms with Gasteiger partial charge in [-0.05, 0) is 48.5 Å². The number of hydrogen-bond donors (Lipinski definition) is 0. The first-order valence-corrected chi connectivity index (χ1v) is 9.75. The zero-order valence-electron chi connectivity index (χ0n) is 16.0. The summed E-state index contributed by atoms with van der Waals surface area (Å²) in [7, 11) is 0. The number of aromatic nitrogens is 1. The maximum Gasteiger partial charge on any atom is 0.361 e. The molecule has 0 spiro atoms. The van der Waals surface area contributed by atoms with Crippen LogP contribution < -0.4 is 15.4 Å². The van der Waals surface area contributed by atoms with E-state index in [0.717, 1.165) is 27.7 Å². The molecule has 5 heteroatoms. The van der Waals surface area contributed by atoms with Gasteiger partial charge in [-0.15, -0.1) is 16.4 Å². The molecule has 0 atom stereocenters. The average Bonchev–Trinajstić information content (AvgIpc) is 3.11. The quantitative estimate of drug-likeness (QED) is 0.457. The molecule has 2 heterocycles. The van der Waals surface area contributed by atoms with E-state index < -0.39 is 6.28 Å². The van der Waals surface area contributed by atoms with Crippen LogP contribution in [0.1, 0.15) is 11.3 Å². The molecule has 0 bridgehead atoms. The summed E-state index contributed by atoms with van der Waals surface area (Å²) in [5.74, 6) is -0.969. The molecule has 1 aliphatic rings. The van der Waals surface area contributed by atoms with Crippen molar-refractivity contribution < 1.29 is 17.6 Å². The minimum Gasteiger partial charge on any atom is -0.409 e. The Hall–Kier alpha value is -3.60. The Labute approximate surface area is 172 Å². The van der Waals surface area contributed by atoms with Crippen LogP contribution in [0.3, 0.4) is 0 Å². The second-order valence-corrected chi connectivity index (χ2v) is 7.56. The molecule has 146 valence electrons. The highest BCUT2D eigenvalue weighted by atomic mass is 19.1. The minimum absolute atomic E-state index is 0.316. The molecule has 0 unspecified atom stereocenters. The second-order valence-electron chi connectivity index (χ2n) is 7.56. The van der Waals surface area contributed by atoms with E-state index in [9.17, 15) is 13.2 Å². The molecule has 0 fully saturated rings. The number of rotatable bonds is 3. The molecule has 0 radical (unpaired) electrons. The van der Waals surface area contributed by atoms with Gasteiger partial charge in [0.1, 0.15) is 29.3 Å². The van der Waals surface area contributed by atoms with E-state index >= 15 is 0 Å². The third-order valence-corrected chi connectivity index (χ3v) is 5.98. The fourth-order valence-electron chi connectivity index (χ4n) is 4.70. The SMILES string of the molecule is Fc1ccc(C2=Cc3cccc[n+]3[B-]2(c2ccc(F)cc2)c2ccc(F)cc2)cc1. The van der Waals surface area contributed by atoms with E-state index in [-0.39, 0.29) is 17.5 Å². The van der Waals surface area contributed by atoms with Crippen molar-refractivity contribution in [1.29, 1.82) is 0 Å². The Bertz CT molecular complexity index is 1200. The van der Waals surface area contributed by atoms with E-state index in [1.807, 2.05) is 24.4 Å². The lowest BCUT2D eigenvalue weighted by Gasteiger charge is -2.35. The molecule has 0 N–H and O–H groups in total. The predicted molar refractivity (Wildman–Crippen MR) is 114 cm³/mol. The van der Waals surface area contributed by atoms with Crippen molar-refractivity contribution in [3.05, 3.63) is 126 Å². The summed E-state index contributed by atoms with van der Waals surface area (Å²) in [4.78, 5) is 0. The van der Waals surface area contributed by atoms with E-state index in [1.165, 1.54) is 36.4 Å². The van der Waals surface area contributed by atoms with Gasteiger partial charge in [-0.3, -0.25) is 0 Å².